The summed E-state index contributed by atoms with van der Waals surface area (Å²) in [6.07, 6.45) is 6.29. The molecule has 3 heteroatoms. The molecule has 0 bridgehead atoms. The molecule has 0 aliphatic heterocycles. The van der Waals surface area contributed by atoms with Crippen LogP contribution in [0.2, 0.25) is 0 Å². The van der Waals surface area contributed by atoms with E-state index in [0.717, 1.165) is 17.3 Å². The Kier molecular flexibility index (Phi) is 3.84. The minimum absolute atomic E-state index is 0.287. The molecular weight excluding hydrogens is 266 g/mol. The summed E-state index contributed by atoms with van der Waals surface area (Å²) in [5, 5.41) is 9.07. The lowest BCUT2D eigenvalue weighted by Crippen LogP contribution is -2.20. The molecule has 0 unspecified atom stereocenters. The number of nitrogens with zero attached hydrogens (tertiary/aromatic N) is 1. The predicted octanol–water partition coefficient (Wildman–Crippen LogP) is 4.03. The molecule has 1 aliphatic carbocycles. The maximum atomic E-state index is 9.07. The van der Waals surface area contributed by atoms with E-state index < -0.39 is 0 Å². The summed E-state index contributed by atoms with van der Waals surface area (Å²) in [7, 11) is 0. The molecule has 1 aromatic carbocycles. The molecule has 84 valence electrons. The molecule has 1 aromatic rings. The van der Waals surface area contributed by atoms with Crippen LogP contribution in [0.1, 0.15) is 37.7 Å². The summed E-state index contributed by atoms with van der Waals surface area (Å²) in [6, 6.07) is 7.83. The Morgan fingerprint density at radius 1 is 1.25 bits per heavy atom. The van der Waals surface area contributed by atoms with Crippen LogP contribution >= 0.6 is 15.9 Å². The number of rotatable bonds is 2. The maximum Gasteiger partial charge on any atom is 0.138 e. The van der Waals surface area contributed by atoms with Gasteiger partial charge in [0.2, 0.25) is 0 Å². The monoisotopic (exact) mass is 279 g/mol. The Morgan fingerprint density at radius 2 is 2.00 bits per heavy atom. The number of halogens is 1. The minimum atomic E-state index is 0.287. The first-order valence-electron chi connectivity index (χ1n) is 5.66. The molecule has 16 heavy (non-hydrogen) atoms. The Hall–Kier alpha value is -1.01. The van der Waals surface area contributed by atoms with Crippen LogP contribution in [0.4, 0.5) is 0 Å². The molecule has 0 atom stereocenters. The Labute approximate surface area is 104 Å². The zero-order valence-corrected chi connectivity index (χ0v) is 10.7. The van der Waals surface area contributed by atoms with Crippen LogP contribution < -0.4 is 4.74 Å². The van der Waals surface area contributed by atoms with Crippen molar-refractivity contribution in [1.29, 1.82) is 5.26 Å². The molecule has 2 nitrogen and oxygen atoms in total. The van der Waals surface area contributed by atoms with Crippen molar-refractivity contribution in [2.75, 3.05) is 0 Å². The van der Waals surface area contributed by atoms with Crippen LogP contribution in [0, 0.1) is 11.3 Å². The summed E-state index contributed by atoms with van der Waals surface area (Å²) in [4.78, 5) is 0. The largest absolute Gasteiger partial charge is 0.489 e. The van der Waals surface area contributed by atoms with E-state index in [0.29, 0.717) is 11.3 Å². The first-order valence-corrected chi connectivity index (χ1v) is 6.46. The third-order valence-corrected chi connectivity index (χ3v) is 3.59. The van der Waals surface area contributed by atoms with E-state index in [2.05, 4.69) is 22.0 Å². The maximum absolute atomic E-state index is 9.07. The Bertz CT molecular complexity index is 405. The quantitative estimate of drug-likeness (QED) is 0.819. The summed E-state index contributed by atoms with van der Waals surface area (Å²) < 4.78 is 6.71. The van der Waals surface area contributed by atoms with E-state index in [9.17, 15) is 0 Å². The predicted molar refractivity (Wildman–Crippen MR) is 66.4 cm³/mol. The van der Waals surface area contributed by atoms with Crippen LogP contribution in [0.15, 0.2) is 22.7 Å². The van der Waals surface area contributed by atoms with E-state index in [4.69, 9.17) is 10.00 Å². The van der Waals surface area contributed by atoms with Crippen molar-refractivity contribution in [3.63, 3.8) is 0 Å². The standard InChI is InChI=1S/C13H14BrNO/c14-12-7-4-8-13(11(12)9-15)16-10-5-2-1-3-6-10/h4,7-8,10H,1-3,5-6H2. The summed E-state index contributed by atoms with van der Waals surface area (Å²) in [6.45, 7) is 0. The van der Waals surface area contributed by atoms with Gasteiger partial charge in [0.25, 0.3) is 0 Å². The third-order valence-electron chi connectivity index (χ3n) is 2.93. The smallest absolute Gasteiger partial charge is 0.138 e. The van der Waals surface area contributed by atoms with Gasteiger partial charge < -0.3 is 4.74 Å². The van der Waals surface area contributed by atoms with Crippen LogP contribution in [0.5, 0.6) is 5.75 Å². The number of ether oxygens (including phenoxy) is 1. The van der Waals surface area contributed by atoms with E-state index in [-0.39, 0.29) is 6.10 Å². The van der Waals surface area contributed by atoms with E-state index in [1.165, 1.54) is 19.3 Å². The van der Waals surface area contributed by atoms with Crippen molar-refractivity contribution in [3.05, 3.63) is 28.2 Å². The molecule has 0 spiro atoms. The van der Waals surface area contributed by atoms with E-state index >= 15 is 0 Å². The topological polar surface area (TPSA) is 33.0 Å². The Balaban J connectivity index is 2.14. The highest BCUT2D eigenvalue weighted by Crippen LogP contribution is 2.29. The fourth-order valence-corrected chi connectivity index (χ4v) is 2.51. The summed E-state index contributed by atoms with van der Waals surface area (Å²) in [5.74, 6) is 0.712. The van der Waals surface area contributed by atoms with Gasteiger partial charge in [0.15, 0.2) is 0 Å². The molecule has 1 saturated carbocycles. The van der Waals surface area contributed by atoms with Crippen molar-refractivity contribution in [3.8, 4) is 11.8 Å². The third kappa shape index (κ3) is 2.56. The summed E-state index contributed by atoms with van der Waals surface area (Å²) in [5.41, 5.74) is 0.605. The molecule has 0 heterocycles. The molecule has 1 fully saturated rings. The second-order valence-corrected chi connectivity index (χ2v) is 4.96. The van der Waals surface area contributed by atoms with Gasteiger partial charge >= 0.3 is 0 Å². The first-order chi connectivity index (χ1) is 7.81. The number of hydrogen-bond acceptors (Lipinski definition) is 2. The van der Waals surface area contributed by atoms with Crippen molar-refractivity contribution < 1.29 is 4.74 Å². The lowest BCUT2D eigenvalue weighted by molar-refractivity contribution is 0.154. The van der Waals surface area contributed by atoms with Crippen molar-refractivity contribution >= 4 is 15.9 Å². The molecule has 2 rings (SSSR count). The highest BCUT2D eigenvalue weighted by Gasteiger charge is 2.17. The van der Waals surface area contributed by atoms with Crippen molar-refractivity contribution in [2.45, 2.75) is 38.2 Å². The van der Waals surface area contributed by atoms with E-state index in [1.54, 1.807) is 0 Å². The Morgan fingerprint density at radius 3 is 2.69 bits per heavy atom. The van der Waals surface area contributed by atoms with Crippen LogP contribution in [0.3, 0.4) is 0 Å². The van der Waals surface area contributed by atoms with Gasteiger partial charge in [0.05, 0.1) is 6.10 Å². The molecule has 0 saturated heterocycles. The lowest BCUT2D eigenvalue weighted by atomic mass is 9.98. The van der Waals surface area contributed by atoms with Gasteiger partial charge in [-0.05, 0) is 53.7 Å². The van der Waals surface area contributed by atoms with Gasteiger partial charge in [-0.25, -0.2) is 0 Å². The van der Waals surface area contributed by atoms with Crippen molar-refractivity contribution in [2.24, 2.45) is 0 Å². The number of nitriles is 1. The molecule has 0 N–H and O–H groups in total. The van der Waals surface area contributed by atoms with Gasteiger partial charge in [-0.1, -0.05) is 12.5 Å². The molecule has 0 amide bonds. The van der Waals surface area contributed by atoms with Crippen LogP contribution in [-0.4, -0.2) is 6.10 Å². The second kappa shape index (κ2) is 5.36. The molecule has 1 aliphatic rings. The van der Waals surface area contributed by atoms with Crippen LogP contribution in [-0.2, 0) is 0 Å². The zero-order chi connectivity index (χ0) is 11.4. The fraction of sp³-hybridized carbons (Fsp3) is 0.462. The minimum Gasteiger partial charge on any atom is -0.489 e. The number of benzene rings is 1. The number of hydrogen-bond donors (Lipinski definition) is 0. The molecule has 0 radical (unpaired) electrons. The highest BCUT2D eigenvalue weighted by molar-refractivity contribution is 9.10. The van der Waals surface area contributed by atoms with Gasteiger partial charge in [-0.15, -0.1) is 0 Å². The molecule has 0 aromatic heterocycles. The van der Waals surface area contributed by atoms with E-state index in [1.807, 2.05) is 18.2 Å². The highest BCUT2D eigenvalue weighted by atomic mass is 79.9. The van der Waals surface area contributed by atoms with Gasteiger partial charge in [0.1, 0.15) is 17.4 Å². The average molecular weight is 280 g/mol. The second-order valence-electron chi connectivity index (χ2n) is 4.10. The lowest BCUT2D eigenvalue weighted by Gasteiger charge is -2.23. The van der Waals surface area contributed by atoms with Crippen LogP contribution in [0.25, 0.3) is 0 Å². The zero-order valence-electron chi connectivity index (χ0n) is 9.08. The van der Waals surface area contributed by atoms with Gasteiger partial charge in [0, 0.05) is 4.47 Å². The average Bonchev–Trinajstić information content (AvgIpc) is 2.31. The summed E-state index contributed by atoms with van der Waals surface area (Å²) >= 11 is 3.37. The van der Waals surface area contributed by atoms with Gasteiger partial charge in [-0.2, -0.15) is 5.26 Å². The fourth-order valence-electron chi connectivity index (χ4n) is 2.07. The SMILES string of the molecule is N#Cc1c(Br)cccc1OC1CCCCC1. The molecular formula is C13H14BrNO. The van der Waals surface area contributed by atoms with Gasteiger partial charge in [-0.3, -0.25) is 0 Å². The normalized spacial score (nSPS) is 16.8. The first kappa shape index (κ1) is 11.5. The van der Waals surface area contributed by atoms with Crippen molar-refractivity contribution in [1.82, 2.24) is 0 Å².